The second-order valence-electron chi connectivity index (χ2n) is 7.60. The van der Waals surface area contributed by atoms with Crippen LogP contribution >= 0.6 is 23.4 Å². The lowest BCUT2D eigenvalue weighted by atomic mass is 10.2. The molecule has 1 aliphatic heterocycles. The third-order valence-corrected chi connectivity index (χ3v) is 6.23. The molecule has 0 bridgehead atoms. The average Bonchev–Trinajstić information content (AvgIpc) is 2.83. The van der Waals surface area contributed by atoms with Gasteiger partial charge in [0.1, 0.15) is 11.0 Å². The van der Waals surface area contributed by atoms with Crippen LogP contribution in [0.4, 0.5) is 5.82 Å². The van der Waals surface area contributed by atoms with Gasteiger partial charge in [-0.2, -0.15) is 0 Å². The fraction of sp³-hybridized carbons (Fsp3) is 0.320. The monoisotopic (exact) mass is 483 g/mol. The molecule has 3 rings (SSSR count). The molecule has 6 nitrogen and oxygen atoms in total. The first-order valence-electron chi connectivity index (χ1n) is 10.9. The van der Waals surface area contributed by atoms with Gasteiger partial charge in [0, 0.05) is 51.9 Å². The third-order valence-electron chi connectivity index (χ3n) is 5.21. The molecule has 2 heterocycles. The SMILES string of the molecule is C=CCN(CC=C)c1cc(Cl)nc(SCC(=O)N2CCN(C/C=C/c3ccccc3)CC2)n1. The summed E-state index contributed by atoms with van der Waals surface area (Å²) in [5, 5.41) is 0.846. The quantitative estimate of drug-likeness (QED) is 0.206. The van der Waals surface area contributed by atoms with Gasteiger partial charge in [-0.3, -0.25) is 9.69 Å². The van der Waals surface area contributed by atoms with Crippen molar-refractivity contribution in [3.63, 3.8) is 0 Å². The van der Waals surface area contributed by atoms with Gasteiger partial charge < -0.3 is 9.80 Å². The van der Waals surface area contributed by atoms with Crippen molar-refractivity contribution < 1.29 is 4.79 Å². The Labute approximate surface area is 205 Å². The molecule has 0 N–H and O–H groups in total. The molecule has 0 unspecified atom stereocenters. The highest BCUT2D eigenvalue weighted by atomic mass is 35.5. The first-order valence-corrected chi connectivity index (χ1v) is 12.3. The predicted octanol–water partition coefficient (Wildman–Crippen LogP) is 4.26. The van der Waals surface area contributed by atoms with E-state index in [1.165, 1.54) is 17.3 Å². The molecule has 1 aromatic heterocycles. The number of carbonyl (C=O) groups is 1. The molecule has 2 aromatic rings. The fourth-order valence-electron chi connectivity index (χ4n) is 3.48. The van der Waals surface area contributed by atoms with Gasteiger partial charge in [0.15, 0.2) is 5.16 Å². The van der Waals surface area contributed by atoms with Crippen molar-refractivity contribution in [2.24, 2.45) is 0 Å². The summed E-state index contributed by atoms with van der Waals surface area (Å²) in [6, 6.07) is 12.0. The summed E-state index contributed by atoms with van der Waals surface area (Å²) in [4.78, 5) is 27.8. The lowest BCUT2D eigenvalue weighted by molar-refractivity contribution is -0.130. The Morgan fingerprint density at radius 1 is 1.09 bits per heavy atom. The lowest BCUT2D eigenvalue weighted by Crippen LogP contribution is -2.49. The Morgan fingerprint density at radius 2 is 1.79 bits per heavy atom. The standard InChI is InChI=1S/C25H30ClN5OS/c1-3-12-30(13-4-2)23-19-22(26)27-25(28-23)33-20-24(32)31-17-15-29(16-18-31)14-8-11-21-9-6-5-7-10-21/h3-11,19H,1-2,12-18,20H2/b11-8+. The molecule has 8 heteroatoms. The topological polar surface area (TPSA) is 52.6 Å². The number of anilines is 1. The fourth-order valence-corrected chi connectivity index (χ4v) is 4.47. The summed E-state index contributed by atoms with van der Waals surface area (Å²) < 4.78 is 0. The maximum Gasteiger partial charge on any atom is 0.233 e. The summed E-state index contributed by atoms with van der Waals surface area (Å²) in [5.41, 5.74) is 1.20. The van der Waals surface area contributed by atoms with Crippen LogP contribution in [0.3, 0.4) is 0 Å². The molecule has 0 radical (unpaired) electrons. The highest BCUT2D eigenvalue weighted by Gasteiger charge is 2.21. The van der Waals surface area contributed by atoms with Crippen LogP contribution in [-0.4, -0.2) is 77.2 Å². The minimum atomic E-state index is 0.0960. The van der Waals surface area contributed by atoms with E-state index in [0.717, 1.165) is 32.7 Å². The van der Waals surface area contributed by atoms with Crippen molar-refractivity contribution >= 4 is 41.2 Å². The van der Waals surface area contributed by atoms with Gasteiger partial charge in [0.2, 0.25) is 5.91 Å². The van der Waals surface area contributed by atoms with Gasteiger partial charge in [-0.05, 0) is 5.56 Å². The zero-order valence-corrected chi connectivity index (χ0v) is 20.3. The summed E-state index contributed by atoms with van der Waals surface area (Å²) in [5.74, 6) is 1.08. The van der Waals surface area contributed by atoms with Crippen LogP contribution in [-0.2, 0) is 4.79 Å². The Morgan fingerprint density at radius 3 is 2.45 bits per heavy atom. The van der Waals surface area contributed by atoms with Gasteiger partial charge in [-0.15, -0.1) is 13.2 Å². The number of nitrogens with zero attached hydrogens (tertiary/aromatic N) is 5. The van der Waals surface area contributed by atoms with E-state index in [4.69, 9.17) is 11.6 Å². The van der Waals surface area contributed by atoms with E-state index < -0.39 is 0 Å². The molecule has 0 aliphatic carbocycles. The second kappa shape index (κ2) is 13.2. The minimum absolute atomic E-state index is 0.0960. The molecule has 1 aromatic carbocycles. The Kier molecular flexibility index (Phi) is 10.00. The van der Waals surface area contributed by atoms with Gasteiger partial charge >= 0.3 is 0 Å². The number of halogens is 1. The zero-order chi connectivity index (χ0) is 23.5. The van der Waals surface area contributed by atoms with Crippen molar-refractivity contribution in [1.82, 2.24) is 19.8 Å². The Bertz CT molecular complexity index is 951. The van der Waals surface area contributed by atoms with E-state index in [0.29, 0.717) is 29.2 Å². The van der Waals surface area contributed by atoms with E-state index in [9.17, 15) is 4.79 Å². The molecule has 174 valence electrons. The van der Waals surface area contributed by atoms with Crippen LogP contribution in [0.15, 0.2) is 72.9 Å². The van der Waals surface area contributed by atoms with Crippen LogP contribution < -0.4 is 4.90 Å². The number of amides is 1. The third kappa shape index (κ3) is 8.03. The van der Waals surface area contributed by atoms with Crippen molar-refractivity contribution in [2.75, 3.05) is 56.5 Å². The maximum absolute atomic E-state index is 12.7. The molecule has 0 spiro atoms. The molecule has 1 aliphatic rings. The highest BCUT2D eigenvalue weighted by molar-refractivity contribution is 7.99. The zero-order valence-electron chi connectivity index (χ0n) is 18.8. The number of benzene rings is 1. The highest BCUT2D eigenvalue weighted by Crippen LogP contribution is 2.22. The first kappa shape index (κ1) is 25.0. The lowest BCUT2D eigenvalue weighted by Gasteiger charge is -2.34. The predicted molar refractivity (Wildman–Crippen MR) is 139 cm³/mol. The summed E-state index contributed by atoms with van der Waals surface area (Å²) in [7, 11) is 0. The van der Waals surface area contributed by atoms with Crippen LogP contribution in [0.2, 0.25) is 5.15 Å². The number of hydrogen-bond donors (Lipinski definition) is 0. The number of carbonyl (C=O) groups excluding carboxylic acids is 1. The van der Waals surface area contributed by atoms with Crippen LogP contribution in [0.5, 0.6) is 0 Å². The summed E-state index contributed by atoms with van der Waals surface area (Å²) in [6.07, 6.45) is 7.91. The van der Waals surface area contributed by atoms with Crippen LogP contribution in [0.1, 0.15) is 5.56 Å². The van der Waals surface area contributed by atoms with E-state index in [-0.39, 0.29) is 11.7 Å². The van der Waals surface area contributed by atoms with Crippen molar-refractivity contribution in [1.29, 1.82) is 0 Å². The van der Waals surface area contributed by atoms with Crippen molar-refractivity contribution in [3.8, 4) is 0 Å². The Balaban J connectivity index is 1.47. The Hall–Kier alpha value is -2.61. The smallest absolute Gasteiger partial charge is 0.233 e. The summed E-state index contributed by atoms with van der Waals surface area (Å²) >= 11 is 7.52. The molecule has 0 saturated carbocycles. The molecule has 1 amide bonds. The van der Waals surface area contributed by atoms with Crippen molar-refractivity contribution in [2.45, 2.75) is 5.16 Å². The van der Waals surface area contributed by atoms with Gasteiger partial charge in [-0.25, -0.2) is 9.97 Å². The van der Waals surface area contributed by atoms with Crippen LogP contribution in [0.25, 0.3) is 6.08 Å². The molecule has 0 atom stereocenters. The average molecular weight is 484 g/mol. The first-order chi connectivity index (χ1) is 16.1. The molecule has 1 saturated heterocycles. The number of rotatable bonds is 11. The summed E-state index contributed by atoms with van der Waals surface area (Å²) in [6.45, 7) is 12.9. The van der Waals surface area contributed by atoms with Crippen molar-refractivity contribution in [3.05, 3.63) is 78.5 Å². The van der Waals surface area contributed by atoms with E-state index >= 15 is 0 Å². The molecule has 33 heavy (non-hydrogen) atoms. The molecular weight excluding hydrogens is 454 g/mol. The number of aromatic nitrogens is 2. The maximum atomic E-state index is 12.7. The van der Waals surface area contributed by atoms with E-state index in [1.54, 1.807) is 18.2 Å². The van der Waals surface area contributed by atoms with Gasteiger partial charge in [0.05, 0.1) is 5.75 Å². The number of hydrogen-bond acceptors (Lipinski definition) is 6. The van der Waals surface area contributed by atoms with E-state index in [2.05, 4.69) is 52.3 Å². The minimum Gasteiger partial charge on any atom is -0.349 e. The van der Waals surface area contributed by atoms with Gasteiger partial charge in [0.25, 0.3) is 0 Å². The molecule has 1 fully saturated rings. The van der Waals surface area contributed by atoms with Crippen LogP contribution in [0, 0.1) is 0 Å². The normalized spacial score (nSPS) is 14.4. The molecular formula is C25H30ClN5OS. The largest absolute Gasteiger partial charge is 0.349 e. The van der Waals surface area contributed by atoms with Gasteiger partial charge in [-0.1, -0.05) is 78.0 Å². The van der Waals surface area contributed by atoms with E-state index in [1.807, 2.05) is 28.0 Å². The second-order valence-corrected chi connectivity index (χ2v) is 8.93. The number of piperazine rings is 1. The number of thioether (sulfide) groups is 1.